The molecule has 0 saturated carbocycles. The second-order valence-corrected chi connectivity index (χ2v) is 10.5. The topological polar surface area (TPSA) is 153 Å². The summed E-state index contributed by atoms with van der Waals surface area (Å²) >= 11 is 0. The number of amides is 3. The number of nitrogens with one attached hydrogen (secondary N) is 3. The Balaban J connectivity index is 1.96. The van der Waals surface area contributed by atoms with Crippen LogP contribution in [-0.4, -0.2) is 60.5 Å². The Morgan fingerprint density at radius 2 is 1.85 bits per heavy atom. The van der Waals surface area contributed by atoms with Gasteiger partial charge in [0.05, 0.1) is 18.2 Å². The lowest BCUT2D eigenvalue weighted by Crippen LogP contribution is -2.54. The highest BCUT2D eigenvalue weighted by Crippen LogP contribution is 2.22. The first-order chi connectivity index (χ1) is 19.4. The van der Waals surface area contributed by atoms with Gasteiger partial charge in [0.1, 0.15) is 18.1 Å². The SMILES string of the molecule is C=CCC(NC(=O)C(C)(C)/C=C/c1cc2cc(CC)ccc2cn1)C(=O)NC(C)C(=O)NCCCC(N)C(=O)OC. The normalized spacial score (nSPS) is 13.7. The first kappa shape index (κ1) is 33.2. The Morgan fingerprint density at radius 1 is 1.12 bits per heavy atom. The van der Waals surface area contributed by atoms with Crippen molar-refractivity contribution in [2.24, 2.45) is 11.1 Å². The van der Waals surface area contributed by atoms with Gasteiger partial charge in [0.25, 0.3) is 0 Å². The molecule has 3 atom stereocenters. The summed E-state index contributed by atoms with van der Waals surface area (Å²) in [5, 5.41) is 10.2. The second kappa shape index (κ2) is 15.7. The summed E-state index contributed by atoms with van der Waals surface area (Å²) in [6.07, 6.45) is 8.83. The first-order valence-electron chi connectivity index (χ1n) is 13.8. The highest BCUT2D eigenvalue weighted by Gasteiger charge is 2.30. The maximum Gasteiger partial charge on any atom is 0.322 e. The van der Waals surface area contributed by atoms with E-state index in [0.717, 1.165) is 22.9 Å². The summed E-state index contributed by atoms with van der Waals surface area (Å²) < 4.78 is 4.58. The number of methoxy groups -OCH3 is 1. The molecule has 0 aliphatic carbocycles. The van der Waals surface area contributed by atoms with E-state index in [1.807, 2.05) is 12.1 Å². The fraction of sp³-hybridized carbons (Fsp3) is 0.452. The molecule has 10 nitrogen and oxygen atoms in total. The van der Waals surface area contributed by atoms with Crippen LogP contribution in [0.5, 0.6) is 0 Å². The summed E-state index contributed by atoms with van der Waals surface area (Å²) in [5.74, 6) is -1.77. The molecular formula is C31H43N5O5. The lowest BCUT2D eigenvalue weighted by Gasteiger charge is -2.25. The summed E-state index contributed by atoms with van der Waals surface area (Å²) in [4.78, 5) is 54.4. The Hall–Kier alpha value is -4.05. The zero-order valence-corrected chi connectivity index (χ0v) is 24.7. The van der Waals surface area contributed by atoms with E-state index in [-0.39, 0.29) is 18.9 Å². The van der Waals surface area contributed by atoms with Crippen molar-refractivity contribution in [2.75, 3.05) is 13.7 Å². The van der Waals surface area contributed by atoms with Crippen molar-refractivity contribution in [3.05, 3.63) is 60.5 Å². The number of nitrogens with zero attached hydrogens (tertiary/aromatic N) is 1. The Morgan fingerprint density at radius 3 is 2.51 bits per heavy atom. The van der Waals surface area contributed by atoms with E-state index in [2.05, 4.69) is 51.3 Å². The number of ether oxygens (including phenoxy) is 1. The van der Waals surface area contributed by atoms with E-state index in [4.69, 9.17) is 5.73 Å². The maximum atomic E-state index is 13.2. The molecule has 3 unspecified atom stereocenters. The van der Waals surface area contributed by atoms with Crippen molar-refractivity contribution < 1.29 is 23.9 Å². The maximum absolute atomic E-state index is 13.2. The van der Waals surface area contributed by atoms with Crippen LogP contribution in [0.1, 0.15) is 58.2 Å². The van der Waals surface area contributed by atoms with Gasteiger partial charge in [-0.05, 0) is 69.5 Å². The van der Waals surface area contributed by atoms with Gasteiger partial charge < -0.3 is 26.4 Å². The fourth-order valence-corrected chi connectivity index (χ4v) is 3.97. The number of rotatable bonds is 15. The van der Waals surface area contributed by atoms with E-state index in [9.17, 15) is 19.2 Å². The zero-order valence-electron chi connectivity index (χ0n) is 24.7. The van der Waals surface area contributed by atoms with Gasteiger partial charge in [-0.15, -0.1) is 6.58 Å². The minimum atomic E-state index is -0.949. The number of hydrogen-bond donors (Lipinski definition) is 4. The van der Waals surface area contributed by atoms with Crippen molar-refractivity contribution in [2.45, 2.75) is 71.5 Å². The van der Waals surface area contributed by atoms with Crippen LogP contribution in [0.4, 0.5) is 0 Å². The molecule has 3 amide bonds. The monoisotopic (exact) mass is 565 g/mol. The molecule has 1 aromatic heterocycles. The molecule has 0 bridgehead atoms. The smallest absolute Gasteiger partial charge is 0.322 e. The van der Waals surface area contributed by atoms with Crippen molar-refractivity contribution in [1.29, 1.82) is 0 Å². The van der Waals surface area contributed by atoms with E-state index in [1.165, 1.54) is 18.7 Å². The number of carbonyl (C=O) groups is 4. The van der Waals surface area contributed by atoms with E-state index >= 15 is 0 Å². The molecule has 0 aliphatic heterocycles. The van der Waals surface area contributed by atoms with Crippen molar-refractivity contribution in [3.63, 3.8) is 0 Å². The van der Waals surface area contributed by atoms with Crippen LogP contribution in [0.15, 0.2) is 49.2 Å². The molecule has 5 N–H and O–H groups in total. The lowest BCUT2D eigenvalue weighted by atomic mass is 9.90. The molecule has 0 aliphatic rings. The minimum Gasteiger partial charge on any atom is -0.468 e. The molecule has 0 saturated heterocycles. The quantitative estimate of drug-likeness (QED) is 0.147. The summed E-state index contributed by atoms with van der Waals surface area (Å²) in [7, 11) is 1.26. The number of fused-ring (bicyclic) bond motifs is 1. The summed E-state index contributed by atoms with van der Waals surface area (Å²) in [6.45, 7) is 11.1. The Labute approximate surface area is 242 Å². The molecule has 2 rings (SSSR count). The third-order valence-electron chi connectivity index (χ3n) is 6.74. The van der Waals surface area contributed by atoms with E-state index in [0.29, 0.717) is 12.8 Å². The van der Waals surface area contributed by atoms with Crippen LogP contribution < -0.4 is 21.7 Å². The highest BCUT2D eigenvalue weighted by molar-refractivity contribution is 5.94. The third-order valence-corrected chi connectivity index (χ3v) is 6.74. The van der Waals surface area contributed by atoms with Crippen molar-refractivity contribution >= 4 is 40.5 Å². The summed E-state index contributed by atoms with van der Waals surface area (Å²) in [6, 6.07) is 5.73. The Kier molecular flexibility index (Phi) is 12.7. The number of hydrogen-bond acceptors (Lipinski definition) is 7. The molecule has 41 heavy (non-hydrogen) atoms. The van der Waals surface area contributed by atoms with Gasteiger partial charge in [0, 0.05) is 18.1 Å². The number of nitrogens with two attached hydrogens (primary N) is 1. The standard InChI is InChI=1S/C31H43N5O5/c1-7-10-26(28(38)35-20(3)27(37)33-16-9-11-25(32)29(39)41-6)36-30(40)31(4,5)15-14-24-18-23-17-21(8-2)12-13-22(23)19-34-24/h7,12-15,17-20,25-26H,1,8-11,16,32H2,2-6H3,(H,33,37)(H,35,38)(H,36,40)/b15-14+. The molecule has 1 aromatic carbocycles. The van der Waals surface area contributed by atoms with Gasteiger partial charge >= 0.3 is 5.97 Å². The molecule has 0 spiro atoms. The van der Waals surface area contributed by atoms with Gasteiger partial charge in [-0.25, -0.2) is 0 Å². The van der Waals surface area contributed by atoms with Gasteiger partial charge in [-0.1, -0.05) is 37.3 Å². The minimum absolute atomic E-state index is 0.184. The largest absolute Gasteiger partial charge is 0.468 e. The van der Waals surface area contributed by atoms with Crippen LogP contribution in [0.3, 0.4) is 0 Å². The van der Waals surface area contributed by atoms with Crippen LogP contribution in [0, 0.1) is 5.41 Å². The lowest BCUT2D eigenvalue weighted by molar-refractivity contribution is -0.142. The predicted octanol–water partition coefficient (Wildman–Crippen LogP) is 2.80. The van der Waals surface area contributed by atoms with Crippen molar-refractivity contribution in [1.82, 2.24) is 20.9 Å². The van der Waals surface area contributed by atoms with Gasteiger partial charge in [0.15, 0.2) is 0 Å². The van der Waals surface area contributed by atoms with E-state index < -0.39 is 41.3 Å². The Bertz CT molecular complexity index is 1270. The number of aromatic nitrogens is 1. The molecular weight excluding hydrogens is 522 g/mol. The van der Waals surface area contributed by atoms with Crippen LogP contribution in [0.25, 0.3) is 16.8 Å². The highest BCUT2D eigenvalue weighted by atomic mass is 16.5. The predicted molar refractivity (Wildman–Crippen MR) is 161 cm³/mol. The number of carbonyl (C=O) groups excluding carboxylic acids is 4. The van der Waals surface area contributed by atoms with Gasteiger partial charge in [0.2, 0.25) is 17.7 Å². The molecule has 222 valence electrons. The second-order valence-electron chi connectivity index (χ2n) is 10.5. The van der Waals surface area contributed by atoms with Gasteiger partial charge in [-0.3, -0.25) is 24.2 Å². The molecule has 0 radical (unpaired) electrons. The van der Waals surface area contributed by atoms with Crippen LogP contribution in [-0.2, 0) is 30.3 Å². The molecule has 2 aromatic rings. The third kappa shape index (κ3) is 10.1. The van der Waals surface area contributed by atoms with E-state index in [1.54, 1.807) is 39.1 Å². The number of benzene rings is 1. The average molecular weight is 566 g/mol. The van der Waals surface area contributed by atoms with Crippen LogP contribution >= 0.6 is 0 Å². The molecule has 1 heterocycles. The van der Waals surface area contributed by atoms with Crippen LogP contribution in [0.2, 0.25) is 0 Å². The van der Waals surface area contributed by atoms with Gasteiger partial charge in [-0.2, -0.15) is 0 Å². The average Bonchev–Trinajstić information content (AvgIpc) is 2.96. The van der Waals surface area contributed by atoms with Crippen molar-refractivity contribution in [3.8, 4) is 0 Å². The zero-order chi connectivity index (χ0) is 30.6. The number of esters is 1. The number of pyridine rings is 1. The first-order valence-corrected chi connectivity index (χ1v) is 13.8. The fourth-order valence-electron chi connectivity index (χ4n) is 3.97. The summed E-state index contributed by atoms with van der Waals surface area (Å²) in [5.41, 5.74) is 6.69. The number of aryl methyl sites for hydroxylation is 1. The molecule has 10 heteroatoms. The molecule has 0 fully saturated rings.